The molecule has 3 aliphatic heterocycles. The van der Waals surface area contributed by atoms with Crippen molar-refractivity contribution in [1.82, 2.24) is 4.98 Å². The molecular formula is C12H9N2O4S-. The molecule has 19 heavy (non-hydrogen) atoms. The van der Waals surface area contributed by atoms with Gasteiger partial charge in [0.2, 0.25) is 5.91 Å². The second kappa shape index (κ2) is 3.43. The number of aromatic nitrogens is 1. The highest BCUT2D eigenvalue weighted by Gasteiger charge is 2.65. The molecule has 1 spiro atoms. The van der Waals surface area contributed by atoms with Crippen LogP contribution in [0.3, 0.4) is 0 Å². The van der Waals surface area contributed by atoms with Crippen LogP contribution in [0, 0.1) is 11.8 Å². The SMILES string of the molecule is O=C([O-])[C@H]1[C@@H]2C=C[C@@]3(CN(c4nccs4)C(=O)[C@@H]13)O2. The van der Waals surface area contributed by atoms with Crippen molar-refractivity contribution < 1.29 is 19.4 Å². The molecule has 4 heterocycles. The fourth-order valence-corrected chi connectivity index (χ4v) is 3.93. The van der Waals surface area contributed by atoms with E-state index >= 15 is 0 Å². The monoisotopic (exact) mass is 277 g/mol. The number of amides is 1. The van der Waals surface area contributed by atoms with Gasteiger partial charge in [-0.1, -0.05) is 12.2 Å². The molecule has 0 aliphatic carbocycles. The first-order chi connectivity index (χ1) is 9.12. The quantitative estimate of drug-likeness (QED) is 0.660. The van der Waals surface area contributed by atoms with Crippen LogP contribution in [-0.2, 0) is 14.3 Å². The first-order valence-electron chi connectivity index (χ1n) is 5.91. The molecule has 6 nitrogen and oxygen atoms in total. The van der Waals surface area contributed by atoms with Gasteiger partial charge in [0, 0.05) is 23.5 Å². The van der Waals surface area contributed by atoms with Crippen LogP contribution in [-0.4, -0.2) is 35.1 Å². The smallest absolute Gasteiger partial charge is 0.236 e. The van der Waals surface area contributed by atoms with E-state index in [1.807, 2.05) is 6.08 Å². The molecule has 4 rings (SSSR count). The van der Waals surface area contributed by atoms with Crippen LogP contribution in [0.4, 0.5) is 5.13 Å². The molecule has 0 saturated carbocycles. The highest BCUT2D eigenvalue weighted by Crippen LogP contribution is 2.52. The van der Waals surface area contributed by atoms with Crippen LogP contribution in [0.25, 0.3) is 0 Å². The topological polar surface area (TPSA) is 82.6 Å². The highest BCUT2D eigenvalue weighted by molar-refractivity contribution is 7.13. The molecule has 4 atom stereocenters. The molecular weight excluding hydrogens is 268 g/mol. The number of carboxylic acids is 1. The third kappa shape index (κ3) is 1.26. The van der Waals surface area contributed by atoms with Crippen LogP contribution in [0.2, 0.25) is 0 Å². The van der Waals surface area contributed by atoms with Gasteiger partial charge in [-0.15, -0.1) is 11.3 Å². The minimum absolute atomic E-state index is 0.240. The lowest BCUT2D eigenvalue weighted by Gasteiger charge is -2.24. The van der Waals surface area contributed by atoms with Gasteiger partial charge in [-0.2, -0.15) is 0 Å². The fourth-order valence-electron chi connectivity index (χ4n) is 3.28. The first kappa shape index (κ1) is 11.1. The van der Waals surface area contributed by atoms with E-state index in [0.717, 1.165) is 0 Å². The number of fused-ring (bicyclic) bond motifs is 1. The van der Waals surface area contributed by atoms with E-state index in [1.165, 1.54) is 16.2 Å². The Balaban J connectivity index is 1.77. The number of thiazole rings is 1. The number of hydrogen-bond donors (Lipinski definition) is 0. The van der Waals surface area contributed by atoms with E-state index in [1.54, 1.807) is 17.7 Å². The molecule has 98 valence electrons. The molecule has 0 unspecified atom stereocenters. The number of carbonyl (C=O) groups excluding carboxylic acids is 2. The van der Waals surface area contributed by atoms with Crippen molar-refractivity contribution >= 4 is 28.3 Å². The summed E-state index contributed by atoms with van der Waals surface area (Å²) >= 11 is 1.35. The van der Waals surface area contributed by atoms with Gasteiger partial charge in [0.25, 0.3) is 0 Å². The van der Waals surface area contributed by atoms with E-state index in [2.05, 4.69) is 4.98 Å². The molecule has 1 aromatic heterocycles. The van der Waals surface area contributed by atoms with Crippen LogP contribution in [0.15, 0.2) is 23.7 Å². The molecule has 2 fully saturated rings. The van der Waals surface area contributed by atoms with Gasteiger partial charge in [0.05, 0.1) is 18.6 Å². The van der Waals surface area contributed by atoms with Gasteiger partial charge in [-0.25, -0.2) is 4.98 Å². The Hall–Kier alpha value is -1.73. The third-order valence-electron chi connectivity index (χ3n) is 4.02. The largest absolute Gasteiger partial charge is 0.550 e. The first-order valence-corrected chi connectivity index (χ1v) is 6.79. The van der Waals surface area contributed by atoms with Gasteiger partial charge in [-0.05, 0) is 0 Å². The molecule has 0 N–H and O–H groups in total. The number of rotatable bonds is 2. The number of hydrogen-bond acceptors (Lipinski definition) is 6. The van der Waals surface area contributed by atoms with Crippen molar-refractivity contribution in [2.75, 3.05) is 11.4 Å². The van der Waals surface area contributed by atoms with Crippen molar-refractivity contribution in [1.29, 1.82) is 0 Å². The van der Waals surface area contributed by atoms with E-state index in [4.69, 9.17) is 4.74 Å². The number of anilines is 1. The lowest BCUT2D eigenvalue weighted by Crippen LogP contribution is -2.45. The minimum Gasteiger partial charge on any atom is -0.550 e. The lowest BCUT2D eigenvalue weighted by molar-refractivity contribution is -0.313. The summed E-state index contributed by atoms with van der Waals surface area (Å²) in [6, 6.07) is 0. The number of aliphatic carboxylic acids is 1. The molecule has 1 amide bonds. The Morgan fingerprint density at radius 3 is 3.16 bits per heavy atom. The second-order valence-corrected chi connectivity index (χ2v) is 5.83. The summed E-state index contributed by atoms with van der Waals surface area (Å²) in [4.78, 5) is 29.4. The lowest BCUT2D eigenvalue weighted by atomic mass is 9.77. The molecule has 7 heteroatoms. The summed E-state index contributed by atoms with van der Waals surface area (Å²) < 4.78 is 5.74. The van der Waals surface area contributed by atoms with Gasteiger partial charge in [0.1, 0.15) is 5.60 Å². The fraction of sp³-hybridized carbons (Fsp3) is 0.417. The van der Waals surface area contributed by atoms with Crippen molar-refractivity contribution in [3.63, 3.8) is 0 Å². The zero-order valence-electron chi connectivity index (χ0n) is 9.68. The summed E-state index contributed by atoms with van der Waals surface area (Å²) in [7, 11) is 0. The molecule has 2 saturated heterocycles. The summed E-state index contributed by atoms with van der Waals surface area (Å²) in [5.74, 6) is -3.06. The Bertz CT molecular complexity index is 599. The average molecular weight is 277 g/mol. The van der Waals surface area contributed by atoms with Crippen molar-refractivity contribution in [2.45, 2.75) is 11.7 Å². The van der Waals surface area contributed by atoms with E-state index in [-0.39, 0.29) is 5.91 Å². The average Bonchev–Trinajstić information content (AvgIpc) is 3.09. The summed E-state index contributed by atoms with van der Waals surface area (Å²) in [5.41, 5.74) is -0.821. The highest BCUT2D eigenvalue weighted by atomic mass is 32.1. The molecule has 3 aliphatic rings. The predicted molar refractivity (Wildman–Crippen MR) is 63.2 cm³/mol. The standard InChI is InChI=1S/C12H10N2O4S/c15-9-8-7(10(16)17)6-1-2-12(8,18-6)5-14(9)11-13-3-4-19-11/h1-4,6-8H,5H2,(H,16,17)/p-1/t6-,7-,8+,12-/m0/s1. The zero-order chi connectivity index (χ0) is 13.2. The maximum atomic E-state index is 12.5. The number of carboxylic acid groups (broad SMARTS) is 1. The molecule has 0 radical (unpaired) electrons. The minimum atomic E-state index is -1.23. The number of nitrogens with zero attached hydrogens (tertiary/aromatic N) is 2. The summed E-state index contributed by atoms with van der Waals surface area (Å²) in [6.07, 6.45) is 4.60. The van der Waals surface area contributed by atoms with Crippen LogP contribution in [0.1, 0.15) is 0 Å². The van der Waals surface area contributed by atoms with E-state index in [9.17, 15) is 14.7 Å². The van der Waals surface area contributed by atoms with E-state index in [0.29, 0.717) is 11.7 Å². The Labute approximate surface area is 112 Å². The third-order valence-corrected chi connectivity index (χ3v) is 4.82. The predicted octanol–water partition coefficient (Wildman–Crippen LogP) is -0.821. The molecule has 0 aromatic carbocycles. The van der Waals surface area contributed by atoms with Crippen molar-refractivity contribution in [3.05, 3.63) is 23.7 Å². The Morgan fingerprint density at radius 2 is 2.47 bits per heavy atom. The van der Waals surface area contributed by atoms with Gasteiger partial charge >= 0.3 is 0 Å². The van der Waals surface area contributed by atoms with Gasteiger partial charge in [-0.3, -0.25) is 9.69 Å². The summed E-state index contributed by atoms with van der Waals surface area (Å²) in [6.45, 7) is 0.320. The normalized spacial score (nSPS) is 39.1. The van der Waals surface area contributed by atoms with E-state index < -0.39 is 29.5 Å². The maximum absolute atomic E-state index is 12.5. The molecule has 1 aromatic rings. The number of carbonyl (C=O) groups is 2. The van der Waals surface area contributed by atoms with Crippen molar-refractivity contribution in [2.24, 2.45) is 11.8 Å². The van der Waals surface area contributed by atoms with Crippen molar-refractivity contribution in [3.8, 4) is 0 Å². The maximum Gasteiger partial charge on any atom is 0.236 e. The van der Waals surface area contributed by atoms with Gasteiger partial charge in [0.15, 0.2) is 5.13 Å². The second-order valence-electron chi connectivity index (χ2n) is 4.96. The number of ether oxygens (including phenoxy) is 1. The van der Waals surface area contributed by atoms with Gasteiger partial charge < -0.3 is 14.6 Å². The zero-order valence-corrected chi connectivity index (χ0v) is 10.5. The van der Waals surface area contributed by atoms with Crippen LogP contribution in [0.5, 0.6) is 0 Å². The summed E-state index contributed by atoms with van der Waals surface area (Å²) in [5, 5.41) is 13.6. The Morgan fingerprint density at radius 1 is 1.63 bits per heavy atom. The van der Waals surface area contributed by atoms with Crippen LogP contribution >= 0.6 is 11.3 Å². The Kier molecular flexibility index (Phi) is 2.01. The van der Waals surface area contributed by atoms with Crippen LogP contribution < -0.4 is 10.0 Å². The molecule has 2 bridgehead atoms.